The van der Waals surface area contributed by atoms with Crippen molar-refractivity contribution in [2.45, 2.75) is 65.2 Å². The number of hydrogen-bond acceptors (Lipinski definition) is 1. The topological polar surface area (TPSA) is 23.9 Å². The third-order valence-corrected chi connectivity index (χ3v) is 2.61. The Labute approximate surface area is 89.1 Å². The van der Waals surface area contributed by atoms with Gasteiger partial charge in [0.15, 0.2) is 0 Å². The molecule has 0 aromatic heterocycles. The second kappa shape index (κ2) is 10.5. The zero-order valence-electron chi connectivity index (χ0n) is 9.81. The van der Waals surface area contributed by atoms with E-state index in [2.05, 4.69) is 19.9 Å². The highest BCUT2D eigenvalue weighted by Gasteiger charge is 1.96. The van der Waals surface area contributed by atoms with E-state index < -0.39 is 0 Å². The molecule has 1 nitrogen and oxygen atoms in total. The molecule has 1 heteroatoms. The van der Waals surface area contributed by atoms with Gasteiger partial charge in [-0.25, -0.2) is 0 Å². The van der Waals surface area contributed by atoms with Gasteiger partial charge in [-0.15, -0.1) is 0 Å². The molecule has 0 aromatic carbocycles. The van der Waals surface area contributed by atoms with Gasteiger partial charge in [0.25, 0.3) is 0 Å². The smallest absolute Gasteiger partial charge is 0.00477 e. The molecule has 0 spiro atoms. The largest absolute Gasteiger partial charge is 0.313 e. The molecule has 0 atom stereocenters. The van der Waals surface area contributed by atoms with Crippen molar-refractivity contribution in [3.63, 3.8) is 0 Å². The van der Waals surface area contributed by atoms with Gasteiger partial charge in [-0.1, -0.05) is 31.4 Å². The van der Waals surface area contributed by atoms with Crippen LogP contribution in [0.15, 0.2) is 11.6 Å². The molecule has 0 unspecified atom stereocenters. The van der Waals surface area contributed by atoms with Gasteiger partial charge in [-0.2, -0.15) is 0 Å². The zero-order valence-corrected chi connectivity index (χ0v) is 9.81. The van der Waals surface area contributed by atoms with E-state index >= 15 is 0 Å². The fourth-order valence-electron chi connectivity index (χ4n) is 1.61. The van der Waals surface area contributed by atoms with Crippen molar-refractivity contribution in [2.75, 3.05) is 0 Å². The maximum absolute atomic E-state index is 6.93. The van der Waals surface area contributed by atoms with Crippen LogP contribution in [-0.4, -0.2) is 6.21 Å². The lowest BCUT2D eigenvalue weighted by Gasteiger charge is -2.05. The van der Waals surface area contributed by atoms with Crippen LogP contribution in [0.5, 0.6) is 0 Å². The van der Waals surface area contributed by atoms with Crippen LogP contribution in [0, 0.1) is 5.41 Å². The molecule has 0 radical (unpaired) electrons. The fourth-order valence-corrected chi connectivity index (χ4v) is 1.61. The van der Waals surface area contributed by atoms with Crippen molar-refractivity contribution in [1.82, 2.24) is 0 Å². The van der Waals surface area contributed by atoms with Crippen molar-refractivity contribution >= 4 is 6.21 Å². The van der Waals surface area contributed by atoms with Crippen LogP contribution >= 0.6 is 0 Å². The normalized spacial score (nSPS) is 11.7. The van der Waals surface area contributed by atoms with Gasteiger partial charge in [0, 0.05) is 0 Å². The second-order valence-electron chi connectivity index (χ2n) is 3.85. The first kappa shape index (κ1) is 13.4. The standard InChI is InChI=1S/C13H25N/c1-3-5-7-10-13(4-2)11-8-6-9-12-14/h4,12,14H,3,5-11H2,1-2H3. The molecule has 0 aromatic rings. The zero-order chi connectivity index (χ0) is 10.6. The van der Waals surface area contributed by atoms with E-state index in [0.29, 0.717) is 0 Å². The third-order valence-electron chi connectivity index (χ3n) is 2.61. The van der Waals surface area contributed by atoms with E-state index in [1.807, 2.05) is 0 Å². The minimum atomic E-state index is 0.950. The molecular weight excluding hydrogens is 170 g/mol. The van der Waals surface area contributed by atoms with Gasteiger partial charge in [-0.3, -0.25) is 0 Å². The van der Waals surface area contributed by atoms with E-state index in [9.17, 15) is 0 Å². The maximum Gasteiger partial charge on any atom is -0.00477 e. The predicted molar refractivity (Wildman–Crippen MR) is 65.2 cm³/mol. The Hall–Kier alpha value is -0.590. The molecule has 0 aliphatic rings. The highest BCUT2D eigenvalue weighted by molar-refractivity contribution is 5.52. The predicted octanol–water partition coefficient (Wildman–Crippen LogP) is 4.72. The first-order chi connectivity index (χ1) is 6.85. The van der Waals surface area contributed by atoms with E-state index in [-0.39, 0.29) is 0 Å². The quantitative estimate of drug-likeness (QED) is 0.312. The summed E-state index contributed by atoms with van der Waals surface area (Å²) in [4.78, 5) is 0. The SMILES string of the molecule is CC=C(CCCCC)CCCCC=N. The van der Waals surface area contributed by atoms with E-state index in [1.165, 1.54) is 51.2 Å². The Kier molecular flexibility index (Phi) is 10.0. The maximum atomic E-state index is 6.93. The highest BCUT2D eigenvalue weighted by Crippen LogP contribution is 2.15. The average molecular weight is 195 g/mol. The Bertz CT molecular complexity index is 159. The third kappa shape index (κ3) is 8.03. The molecule has 0 aliphatic carbocycles. The summed E-state index contributed by atoms with van der Waals surface area (Å²) in [6, 6.07) is 0. The molecule has 82 valence electrons. The van der Waals surface area contributed by atoms with Gasteiger partial charge in [0.05, 0.1) is 0 Å². The van der Waals surface area contributed by atoms with Crippen LogP contribution in [-0.2, 0) is 0 Å². The second-order valence-corrected chi connectivity index (χ2v) is 3.85. The first-order valence-corrected chi connectivity index (χ1v) is 5.98. The molecule has 0 saturated carbocycles. The van der Waals surface area contributed by atoms with Crippen molar-refractivity contribution < 1.29 is 0 Å². The monoisotopic (exact) mass is 195 g/mol. The van der Waals surface area contributed by atoms with Crippen LogP contribution in [0.3, 0.4) is 0 Å². The van der Waals surface area contributed by atoms with Crippen LogP contribution in [0.1, 0.15) is 65.2 Å². The summed E-state index contributed by atoms with van der Waals surface area (Å²) in [7, 11) is 0. The van der Waals surface area contributed by atoms with Gasteiger partial charge >= 0.3 is 0 Å². The summed E-state index contributed by atoms with van der Waals surface area (Å²) in [5.41, 5.74) is 1.61. The lowest BCUT2D eigenvalue weighted by molar-refractivity contribution is 0.671. The van der Waals surface area contributed by atoms with Gasteiger partial charge in [-0.05, 0) is 51.7 Å². The van der Waals surface area contributed by atoms with Crippen LogP contribution in [0.25, 0.3) is 0 Å². The Morgan fingerprint density at radius 1 is 1.07 bits per heavy atom. The minimum Gasteiger partial charge on any atom is -0.313 e. The Morgan fingerprint density at radius 2 is 1.71 bits per heavy atom. The summed E-state index contributed by atoms with van der Waals surface area (Å²) < 4.78 is 0. The Balaban J connectivity index is 3.44. The molecule has 1 N–H and O–H groups in total. The number of unbranched alkanes of at least 4 members (excludes halogenated alkanes) is 4. The Morgan fingerprint density at radius 3 is 2.21 bits per heavy atom. The summed E-state index contributed by atoms with van der Waals surface area (Å²) in [6.45, 7) is 4.40. The lowest BCUT2D eigenvalue weighted by Crippen LogP contribution is -1.86. The highest BCUT2D eigenvalue weighted by atomic mass is 14.3. The number of hydrogen-bond donors (Lipinski definition) is 1. The van der Waals surface area contributed by atoms with Crippen molar-refractivity contribution in [3.05, 3.63) is 11.6 Å². The van der Waals surface area contributed by atoms with Crippen LogP contribution in [0.2, 0.25) is 0 Å². The van der Waals surface area contributed by atoms with Crippen LogP contribution in [0.4, 0.5) is 0 Å². The lowest BCUT2D eigenvalue weighted by atomic mass is 10.0. The summed E-state index contributed by atoms with van der Waals surface area (Å²) >= 11 is 0. The van der Waals surface area contributed by atoms with Crippen molar-refractivity contribution in [3.8, 4) is 0 Å². The summed E-state index contributed by atoms with van der Waals surface area (Å²) in [6.07, 6.45) is 13.7. The molecular formula is C13H25N. The van der Waals surface area contributed by atoms with E-state index in [4.69, 9.17) is 5.41 Å². The summed E-state index contributed by atoms with van der Waals surface area (Å²) in [5, 5.41) is 6.93. The van der Waals surface area contributed by atoms with Crippen LogP contribution < -0.4 is 0 Å². The van der Waals surface area contributed by atoms with E-state index in [1.54, 1.807) is 5.57 Å². The molecule has 0 saturated heterocycles. The molecule has 0 fully saturated rings. The van der Waals surface area contributed by atoms with E-state index in [0.717, 1.165) is 6.42 Å². The van der Waals surface area contributed by atoms with Crippen molar-refractivity contribution in [1.29, 1.82) is 5.41 Å². The number of rotatable bonds is 9. The molecule has 14 heavy (non-hydrogen) atoms. The van der Waals surface area contributed by atoms with Gasteiger partial charge in [0.2, 0.25) is 0 Å². The molecule has 0 heterocycles. The number of nitrogens with one attached hydrogen (secondary N) is 1. The molecule has 0 aliphatic heterocycles. The van der Waals surface area contributed by atoms with Crippen molar-refractivity contribution in [2.24, 2.45) is 0 Å². The molecule has 0 bridgehead atoms. The van der Waals surface area contributed by atoms with Gasteiger partial charge in [0.1, 0.15) is 0 Å². The van der Waals surface area contributed by atoms with Gasteiger partial charge < -0.3 is 5.41 Å². The first-order valence-electron chi connectivity index (χ1n) is 5.98. The average Bonchev–Trinajstić information content (AvgIpc) is 2.22. The minimum absolute atomic E-state index is 0.950. The fraction of sp³-hybridized carbons (Fsp3) is 0.769. The molecule has 0 amide bonds. The summed E-state index contributed by atoms with van der Waals surface area (Å²) in [5.74, 6) is 0. The number of allylic oxidation sites excluding steroid dienone is 2. The molecule has 0 rings (SSSR count).